The number of carboxylic acid groups (broad SMARTS) is 3. The fourth-order valence-electron chi connectivity index (χ4n) is 5.85. The number of amides is 3. The van der Waals surface area contributed by atoms with E-state index in [2.05, 4.69) is 28.2 Å². The smallest absolute Gasteiger partial charge is 0.317 e. The third kappa shape index (κ3) is 23.9. The van der Waals surface area contributed by atoms with Crippen molar-refractivity contribution in [3.63, 3.8) is 0 Å². The fourth-order valence-corrected chi connectivity index (χ4v) is 5.85. The maximum absolute atomic E-state index is 13.2. The lowest BCUT2D eigenvalue weighted by Gasteiger charge is -2.30. The van der Waals surface area contributed by atoms with Gasteiger partial charge >= 0.3 is 17.9 Å². The van der Waals surface area contributed by atoms with E-state index in [0.29, 0.717) is 52.4 Å². The molecule has 0 saturated carbocycles. The molecular weight excluding hydrogens is 720 g/mol. The van der Waals surface area contributed by atoms with E-state index in [0.717, 1.165) is 12.8 Å². The summed E-state index contributed by atoms with van der Waals surface area (Å²) >= 11 is 0. The van der Waals surface area contributed by atoms with Crippen LogP contribution in [0.2, 0.25) is 0 Å². The van der Waals surface area contributed by atoms with Crippen molar-refractivity contribution in [2.24, 2.45) is 0 Å². The molecule has 1 unspecified atom stereocenters. The Kier molecular flexibility index (Phi) is 23.8. The van der Waals surface area contributed by atoms with E-state index in [1.807, 2.05) is 34.6 Å². The van der Waals surface area contributed by atoms with Crippen molar-refractivity contribution in [1.82, 2.24) is 40.9 Å². The molecule has 1 rings (SSSR count). The zero-order valence-corrected chi connectivity index (χ0v) is 33.8. The first kappa shape index (κ1) is 49.6. The summed E-state index contributed by atoms with van der Waals surface area (Å²) in [5.41, 5.74) is -1.12. The van der Waals surface area contributed by atoms with Crippen LogP contribution in [0.25, 0.3) is 0 Å². The van der Waals surface area contributed by atoms with Crippen molar-refractivity contribution < 1.29 is 53.6 Å². The summed E-state index contributed by atoms with van der Waals surface area (Å²) in [7, 11) is 0. The highest BCUT2D eigenvalue weighted by Gasteiger charge is 2.33. The molecule has 3 amide bonds. The maximum atomic E-state index is 13.2. The van der Waals surface area contributed by atoms with Crippen LogP contribution < -0.4 is 21.3 Å². The summed E-state index contributed by atoms with van der Waals surface area (Å²) in [4.78, 5) is 79.7. The Morgan fingerprint density at radius 2 is 1.22 bits per heavy atom. The highest BCUT2D eigenvalue weighted by Crippen LogP contribution is 2.16. The lowest BCUT2D eigenvalue weighted by Crippen LogP contribution is -2.51. The van der Waals surface area contributed by atoms with Crippen LogP contribution in [-0.4, -0.2) is 206 Å². The van der Waals surface area contributed by atoms with E-state index < -0.39 is 29.1 Å². The lowest BCUT2D eigenvalue weighted by atomic mass is 10.1. The molecule has 0 radical (unpaired) electrons. The molecule has 0 bridgehead atoms. The van der Waals surface area contributed by atoms with Gasteiger partial charge in [-0.2, -0.15) is 0 Å². The van der Waals surface area contributed by atoms with Gasteiger partial charge in [-0.3, -0.25) is 43.5 Å². The summed E-state index contributed by atoms with van der Waals surface area (Å²) < 4.78 is 11.6. The zero-order chi connectivity index (χ0) is 41.4. The molecule has 0 aliphatic carbocycles. The van der Waals surface area contributed by atoms with Gasteiger partial charge < -0.3 is 51.0 Å². The van der Waals surface area contributed by atoms with Crippen molar-refractivity contribution in [2.45, 2.75) is 78.0 Å². The zero-order valence-electron chi connectivity index (χ0n) is 33.8. The molecule has 0 spiro atoms. The Bertz CT molecular complexity index is 1210. The predicted octanol–water partition coefficient (Wildman–Crippen LogP) is -1.43. The number of carboxylic acids is 3. The van der Waals surface area contributed by atoms with Crippen LogP contribution in [-0.2, 0) is 38.2 Å². The minimum Gasteiger partial charge on any atom is -0.480 e. The van der Waals surface area contributed by atoms with Crippen LogP contribution >= 0.6 is 0 Å². The first-order chi connectivity index (χ1) is 25.9. The van der Waals surface area contributed by atoms with Crippen molar-refractivity contribution in [3.8, 4) is 0 Å². The Morgan fingerprint density at radius 1 is 0.709 bits per heavy atom. The molecule has 1 heterocycles. The minimum atomic E-state index is -1.06. The van der Waals surface area contributed by atoms with Crippen LogP contribution in [0.15, 0.2) is 0 Å². The van der Waals surface area contributed by atoms with E-state index in [9.17, 15) is 39.0 Å². The second kappa shape index (κ2) is 26.4. The summed E-state index contributed by atoms with van der Waals surface area (Å²) in [5.74, 6) is -3.84. The molecule has 55 heavy (non-hydrogen) atoms. The average molecular weight is 789 g/mol. The molecule has 318 valence electrons. The molecule has 1 atom stereocenters. The second-order valence-electron chi connectivity index (χ2n) is 15.0. The van der Waals surface area contributed by atoms with E-state index >= 15 is 0 Å². The number of nitrogens with one attached hydrogen (secondary N) is 4. The topological polar surface area (TPSA) is 243 Å². The van der Waals surface area contributed by atoms with Gasteiger partial charge in [0.2, 0.25) is 17.7 Å². The molecule has 7 N–H and O–H groups in total. The van der Waals surface area contributed by atoms with E-state index in [1.165, 1.54) is 0 Å². The molecular formula is C36H68N8O11. The Morgan fingerprint density at radius 3 is 1.69 bits per heavy atom. The molecule has 1 aliphatic heterocycles. The number of carbonyl (C=O) groups excluding carboxylic acids is 3. The van der Waals surface area contributed by atoms with E-state index in [4.69, 9.17) is 14.6 Å². The van der Waals surface area contributed by atoms with Crippen LogP contribution in [0.3, 0.4) is 0 Å². The second-order valence-corrected chi connectivity index (χ2v) is 15.0. The molecule has 19 nitrogen and oxygen atoms in total. The Hall–Kier alpha value is -3.46. The highest BCUT2D eigenvalue weighted by molar-refractivity contribution is 5.81. The SMILES string of the molecule is CCCCOC(C)(C)CNC(=O)CN(CC(=O)NCC(C)(C)OCC)C1CCN(C(=O)CNCCN(CCN(CCNCC(=O)O)CC(=O)O)CC(=O)O)C1. The molecule has 1 saturated heterocycles. The number of carbonyl (C=O) groups is 6. The highest BCUT2D eigenvalue weighted by atomic mass is 16.5. The number of unbranched alkanes of at least 4 members (excludes halogenated alkanes) is 1. The number of likely N-dealkylation sites (tertiary alicyclic amines) is 1. The minimum absolute atomic E-state index is 0.00534. The molecule has 0 aromatic heterocycles. The summed E-state index contributed by atoms with van der Waals surface area (Å²) in [6, 6.07) is -0.242. The van der Waals surface area contributed by atoms with Crippen molar-refractivity contribution in [2.75, 3.05) is 118 Å². The van der Waals surface area contributed by atoms with Crippen molar-refractivity contribution in [1.29, 1.82) is 0 Å². The number of rotatable bonds is 32. The molecule has 0 aromatic rings. The summed E-state index contributed by atoms with van der Waals surface area (Å²) in [6.07, 6.45) is 2.48. The fraction of sp³-hybridized carbons (Fsp3) is 0.833. The monoisotopic (exact) mass is 789 g/mol. The number of hydrogen-bond donors (Lipinski definition) is 7. The first-order valence-corrected chi connectivity index (χ1v) is 19.2. The summed E-state index contributed by atoms with van der Waals surface area (Å²) in [5, 5.41) is 39.1. The predicted molar refractivity (Wildman–Crippen MR) is 205 cm³/mol. The van der Waals surface area contributed by atoms with Gasteiger partial charge in [0.05, 0.1) is 50.5 Å². The molecule has 1 fully saturated rings. The van der Waals surface area contributed by atoms with Gasteiger partial charge in [-0.25, -0.2) is 0 Å². The maximum Gasteiger partial charge on any atom is 0.317 e. The van der Waals surface area contributed by atoms with Crippen molar-refractivity contribution >= 4 is 35.6 Å². The molecule has 0 aromatic carbocycles. The van der Waals surface area contributed by atoms with E-state index in [-0.39, 0.29) is 95.8 Å². The van der Waals surface area contributed by atoms with Gasteiger partial charge in [-0.05, 0) is 47.5 Å². The van der Waals surface area contributed by atoms with Gasteiger partial charge in [-0.1, -0.05) is 13.3 Å². The molecule has 19 heteroatoms. The Labute approximate surface area is 325 Å². The number of aliphatic carboxylic acids is 3. The van der Waals surface area contributed by atoms with Crippen LogP contribution in [0.1, 0.15) is 60.8 Å². The van der Waals surface area contributed by atoms with Gasteiger partial charge in [0.25, 0.3) is 0 Å². The average Bonchev–Trinajstić information content (AvgIpc) is 3.59. The van der Waals surface area contributed by atoms with E-state index in [1.54, 1.807) is 19.6 Å². The normalized spacial score (nSPS) is 14.9. The standard InChI is InChI=1S/C36H68N8O11/c1-7-9-18-55-36(5,6)27-40-30(46)23-44(22-29(45)39-26-35(3,4)54-8-2)28-10-13-43(21-28)31(47)19-37-11-14-41(24-33(50)51)16-17-42(25-34(52)53)15-12-38-20-32(48)49/h28,37-38H,7-27H2,1-6H3,(H,39,45)(H,40,46)(H,48,49)(H,50,51)(H,52,53). The van der Waals surface area contributed by atoms with Crippen LogP contribution in [0.4, 0.5) is 0 Å². The van der Waals surface area contributed by atoms with Crippen LogP contribution in [0.5, 0.6) is 0 Å². The summed E-state index contributed by atoms with van der Waals surface area (Å²) in [6.45, 7) is 14.6. The van der Waals surface area contributed by atoms with Gasteiger partial charge in [0.15, 0.2) is 0 Å². The number of hydrogen-bond acceptors (Lipinski definition) is 13. The van der Waals surface area contributed by atoms with Gasteiger partial charge in [0.1, 0.15) is 0 Å². The Balaban J connectivity index is 2.78. The third-order valence-electron chi connectivity index (χ3n) is 8.89. The van der Waals surface area contributed by atoms with Crippen molar-refractivity contribution in [3.05, 3.63) is 0 Å². The lowest BCUT2D eigenvalue weighted by molar-refractivity contribution is -0.140. The third-order valence-corrected chi connectivity index (χ3v) is 8.89. The largest absolute Gasteiger partial charge is 0.480 e. The number of ether oxygens (including phenoxy) is 2. The number of nitrogens with zero attached hydrogens (tertiary/aromatic N) is 4. The van der Waals surface area contributed by atoms with Crippen LogP contribution in [0, 0.1) is 0 Å². The van der Waals surface area contributed by atoms with Gasteiger partial charge in [0, 0.05) is 84.7 Å². The molecule has 1 aliphatic rings. The van der Waals surface area contributed by atoms with Gasteiger partial charge in [-0.15, -0.1) is 0 Å². The first-order valence-electron chi connectivity index (χ1n) is 19.2. The quantitative estimate of drug-likeness (QED) is 0.0387.